The number of halogens is 1. The Morgan fingerprint density at radius 1 is 1.29 bits per heavy atom. The number of aromatic nitrogens is 2. The Morgan fingerprint density at radius 3 is 2.76 bits per heavy atom. The van der Waals surface area contributed by atoms with Crippen LogP contribution in [0.5, 0.6) is 0 Å². The van der Waals surface area contributed by atoms with Crippen LogP contribution in [0, 0.1) is 0 Å². The van der Waals surface area contributed by atoms with E-state index < -0.39 is 0 Å². The smallest absolute Gasteiger partial charge is 0.148 e. The fourth-order valence-electron chi connectivity index (χ4n) is 2.11. The molecule has 1 aromatic rings. The molecule has 0 unspecified atom stereocenters. The number of hydrogen-bond donors (Lipinski definition) is 1. The van der Waals surface area contributed by atoms with Crippen molar-refractivity contribution in [2.45, 2.75) is 39.0 Å². The SMILES string of the molecule is CCCc1c(Cl)ncnc1NN1CCCCC1. The monoisotopic (exact) mass is 254 g/mol. The number of hydrazine groups is 1. The summed E-state index contributed by atoms with van der Waals surface area (Å²) in [6.07, 6.45) is 7.29. The first-order valence-electron chi connectivity index (χ1n) is 6.32. The average molecular weight is 255 g/mol. The van der Waals surface area contributed by atoms with Crippen molar-refractivity contribution in [1.82, 2.24) is 15.0 Å². The summed E-state index contributed by atoms with van der Waals surface area (Å²) in [5.41, 5.74) is 4.40. The van der Waals surface area contributed by atoms with Gasteiger partial charge in [-0.15, -0.1) is 0 Å². The van der Waals surface area contributed by atoms with Crippen molar-refractivity contribution in [3.8, 4) is 0 Å². The molecular formula is C12H19ClN4. The highest BCUT2D eigenvalue weighted by Crippen LogP contribution is 2.22. The highest BCUT2D eigenvalue weighted by Gasteiger charge is 2.14. The van der Waals surface area contributed by atoms with E-state index in [1.165, 1.54) is 25.6 Å². The Labute approximate surface area is 107 Å². The molecular weight excluding hydrogens is 236 g/mol. The lowest BCUT2D eigenvalue weighted by Crippen LogP contribution is -2.35. The summed E-state index contributed by atoms with van der Waals surface area (Å²) in [6.45, 7) is 4.29. The molecule has 0 aromatic carbocycles. The lowest BCUT2D eigenvalue weighted by atomic mass is 10.1. The van der Waals surface area contributed by atoms with Gasteiger partial charge in [-0.05, 0) is 19.3 Å². The van der Waals surface area contributed by atoms with Gasteiger partial charge in [0.1, 0.15) is 17.3 Å². The maximum absolute atomic E-state index is 6.12. The van der Waals surface area contributed by atoms with Crippen molar-refractivity contribution in [1.29, 1.82) is 0 Å². The molecule has 0 radical (unpaired) electrons. The predicted molar refractivity (Wildman–Crippen MR) is 70.1 cm³/mol. The van der Waals surface area contributed by atoms with Crippen LogP contribution in [-0.4, -0.2) is 28.1 Å². The van der Waals surface area contributed by atoms with Crippen LogP contribution in [0.1, 0.15) is 38.2 Å². The van der Waals surface area contributed by atoms with Crippen LogP contribution in [0.3, 0.4) is 0 Å². The van der Waals surface area contributed by atoms with Gasteiger partial charge in [0.15, 0.2) is 0 Å². The molecule has 1 saturated heterocycles. The van der Waals surface area contributed by atoms with Gasteiger partial charge in [0, 0.05) is 18.7 Å². The Morgan fingerprint density at radius 2 is 2.06 bits per heavy atom. The average Bonchev–Trinajstić information content (AvgIpc) is 2.35. The number of nitrogens with one attached hydrogen (secondary N) is 1. The standard InChI is InChI=1S/C12H19ClN4/c1-2-6-10-11(13)14-9-15-12(10)16-17-7-4-3-5-8-17/h9H,2-8H2,1H3,(H,14,15,16). The first-order valence-corrected chi connectivity index (χ1v) is 6.70. The van der Waals surface area contributed by atoms with Gasteiger partial charge in [-0.2, -0.15) is 0 Å². The molecule has 0 saturated carbocycles. The van der Waals surface area contributed by atoms with Crippen LogP contribution in [0.2, 0.25) is 5.15 Å². The molecule has 5 heteroatoms. The van der Waals surface area contributed by atoms with Crippen molar-refractivity contribution in [2.24, 2.45) is 0 Å². The van der Waals surface area contributed by atoms with E-state index in [-0.39, 0.29) is 0 Å². The molecule has 0 atom stereocenters. The van der Waals surface area contributed by atoms with E-state index in [0.29, 0.717) is 5.15 Å². The predicted octanol–water partition coefficient (Wildman–Crippen LogP) is 2.90. The van der Waals surface area contributed by atoms with Gasteiger partial charge in [-0.1, -0.05) is 31.4 Å². The van der Waals surface area contributed by atoms with E-state index in [0.717, 1.165) is 37.3 Å². The fraction of sp³-hybridized carbons (Fsp3) is 0.667. The van der Waals surface area contributed by atoms with Gasteiger partial charge in [0.05, 0.1) is 0 Å². The Balaban J connectivity index is 2.10. The van der Waals surface area contributed by atoms with E-state index in [2.05, 4.69) is 27.3 Å². The van der Waals surface area contributed by atoms with Crippen LogP contribution in [-0.2, 0) is 6.42 Å². The summed E-state index contributed by atoms with van der Waals surface area (Å²) in [4.78, 5) is 8.35. The van der Waals surface area contributed by atoms with Crippen LogP contribution in [0.25, 0.3) is 0 Å². The first kappa shape index (κ1) is 12.6. The summed E-state index contributed by atoms with van der Waals surface area (Å²) in [5, 5.41) is 2.79. The molecule has 0 amide bonds. The van der Waals surface area contributed by atoms with Gasteiger partial charge in [0.25, 0.3) is 0 Å². The summed E-state index contributed by atoms with van der Waals surface area (Å²) in [5.74, 6) is 0.869. The van der Waals surface area contributed by atoms with Crippen LogP contribution >= 0.6 is 11.6 Å². The molecule has 4 nitrogen and oxygen atoms in total. The second-order valence-electron chi connectivity index (χ2n) is 4.40. The first-order chi connectivity index (χ1) is 8.31. The molecule has 17 heavy (non-hydrogen) atoms. The van der Waals surface area contributed by atoms with Crippen molar-refractivity contribution < 1.29 is 0 Å². The van der Waals surface area contributed by atoms with Gasteiger partial charge >= 0.3 is 0 Å². The molecule has 0 bridgehead atoms. The second-order valence-corrected chi connectivity index (χ2v) is 4.76. The Kier molecular flexibility index (Phi) is 4.57. The number of piperidine rings is 1. The second kappa shape index (κ2) is 6.17. The third-order valence-electron chi connectivity index (χ3n) is 3.01. The molecule has 0 spiro atoms. The molecule has 1 N–H and O–H groups in total. The molecule has 1 aliphatic rings. The third-order valence-corrected chi connectivity index (χ3v) is 3.34. The van der Waals surface area contributed by atoms with E-state index in [9.17, 15) is 0 Å². The number of rotatable bonds is 4. The van der Waals surface area contributed by atoms with Gasteiger partial charge in [0.2, 0.25) is 0 Å². The highest BCUT2D eigenvalue weighted by molar-refractivity contribution is 6.30. The molecule has 2 heterocycles. The van der Waals surface area contributed by atoms with Crippen LogP contribution in [0.15, 0.2) is 6.33 Å². The number of nitrogens with zero attached hydrogens (tertiary/aromatic N) is 3. The Hall–Kier alpha value is -0.870. The minimum Gasteiger partial charge on any atom is -0.303 e. The largest absolute Gasteiger partial charge is 0.303 e. The Bertz CT molecular complexity index is 364. The number of anilines is 1. The minimum absolute atomic E-state index is 0.571. The van der Waals surface area contributed by atoms with Crippen LogP contribution < -0.4 is 5.43 Å². The molecule has 0 aliphatic carbocycles. The third kappa shape index (κ3) is 3.30. The quantitative estimate of drug-likeness (QED) is 0.839. The van der Waals surface area contributed by atoms with E-state index in [4.69, 9.17) is 11.6 Å². The topological polar surface area (TPSA) is 41.1 Å². The van der Waals surface area contributed by atoms with Gasteiger partial charge < -0.3 is 5.43 Å². The zero-order valence-electron chi connectivity index (χ0n) is 10.2. The van der Waals surface area contributed by atoms with Gasteiger partial charge in [-0.3, -0.25) is 0 Å². The molecule has 1 fully saturated rings. The van der Waals surface area contributed by atoms with Crippen molar-refractivity contribution in [3.63, 3.8) is 0 Å². The molecule has 2 rings (SSSR count). The van der Waals surface area contributed by atoms with Crippen molar-refractivity contribution >= 4 is 17.4 Å². The zero-order chi connectivity index (χ0) is 12.1. The van der Waals surface area contributed by atoms with Gasteiger partial charge in [-0.25, -0.2) is 15.0 Å². The summed E-state index contributed by atoms with van der Waals surface area (Å²) < 4.78 is 0. The molecule has 1 aromatic heterocycles. The summed E-state index contributed by atoms with van der Waals surface area (Å²) >= 11 is 6.12. The summed E-state index contributed by atoms with van der Waals surface area (Å²) in [7, 11) is 0. The summed E-state index contributed by atoms with van der Waals surface area (Å²) in [6, 6.07) is 0. The fourth-order valence-corrected chi connectivity index (χ4v) is 2.34. The molecule has 1 aliphatic heterocycles. The zero-order valence-corrected chi connectivity index (χ0v) is 11.0. The molecule has 94 valence electrons. The number of hydrogen-bond acceptors (Lipinski definition) is 4. The maximum Gasteiger partial charge on any atom is 0.148 e. The van der Waals surface area contributed by atoms with Crippen molar-refractivity contribution in [2.75, 3.05) is 18.5 Å². The van der Waals surface area contributed by atoms with E-state index >= 15 is 0 Å². The minimum atomic E-state index is 0.571. The van der Waals surface area contributed by atoms with E-state index in [1.807, 2.05) is 0 Å². The normalized spacial score (nSPS) is 17.1. The lowest BCUT2D eigenvalue weighted by Gasteiger charge is -2.28. The lowest BCUT2D eigenvalue weighted by molar-refractivity contribution is 0.272. The van der Waals surface area contributed by atoms with Crippen molar-refractivity contribution in [3.05, 3.63) is 17.0 Å². The van der Waals surface area contributed by atoms with E-state index in [1.54, 1.807) is 0 Å². The van der Waals surface area contributed by atoms with Crippen LogP contribution in [0.4, 0.5) is 5.82 Å². The highest BCUT2D eigenvalue weighted by atomic mass is 35.5. The maximum atomic E-state index is 6.12.